The summed E-state index contributed by atoms with van der Waals surface area (Å²) in [6.45, 7) is 8.56. The van der Waals surface area contributed by atoms with Crippen LogP contribution >= 0.6 is 0 Å². The fourth-order valence-electron chi connectivity index (χ4n) is 0.934. The van der Waals surface area contributed by atoms with E-state index in [1.165, 1.54) is 0 Å². The van der Waals surface area contributed by atoms with Crippen LogP contribution in [0.2, 0.25) is 0 Å². The Balaban J connectivity index is 3.86. The van der Waals surface area contributed by atoms with Crippen LogP contribution in [-0.2, 0) is 0 Å². The number of hydrogen-bond donors (Lipinski definition) is 2. The maximum Gasteiger partial charge on any atom is 0.0485 e. The third-order valence-corrected chi connectivity index (χ3v) is 2.36. The molecule has 0 bridgehead atoms. The summed E-state index contributed by atoms with van der Waals surface area (Å²) >= 11 is 0. The highest BCUT2D eigenvalue weighted by Crippen LogP contribution is 2.22. The third-order valence-electron chi connectivity index (χ3n) is 2.36. The molecule has 0 radical (unpaired) electrons. The van der Waals surface area contributed by atoms with E-state index in [9.17, 15) is 0 Å². The van der Waals surface area contributed by atoms with Crippen molar-refractivity contribution < 1.29 is 10.2 Å². The topological polar surface area (TPSA) is 40.5 Å². The van der Waals surface area contributed by atoms with Gasteiger partial charge in [-0.1, -0.05) is 39.8 Å². The molecule has 0 aliphatic carbocycles. The Bertz CT molecular complexity index is 161. The predicted molar refractivity (Wildman–Crippen MR) is 60.1 cm³/mol. The molecule has 0 aliphatic rings. The van der Waals surface area contributed by atoms with E-state index in [0.29, 0.717) is 0 Å². The lowest BCUT2D eigenvalue weighted by Gasteiger charge is -2.21. The summed E-state index contributed by atoms with van der Waals surface area (Å²) in [6, 6.07) is 0. The minimum atomic E-state index is -0.0279. The molecule has 84 valence electrons. The van der Waals surface area contributed by atoms with E-state index in [1.807, 2.05) is 27.7 Å². The molecule has 2 nitrogen and oxygen atoms in total. The van der Waals surface area contributed by atoms with Gasteiger partial charge in [-0.15, -0.1) is 0 Å². The number of rotatable bonds is 6. The first-order valence-electron chi connectivity index (χ1n) is 5.20. The zero-order valence-electron chi connectivity index (χ0n) is 9.88. The van der Waals surface area contributed by atoms with E-state index in [0.717, 1.165) is 12.8 Å². The van der Waals surface area contributed by atoms with Gasteiger partial charge in [0.1, 0.15) is 0 Å². The zero-order valence-corrected chi connectivity index (χ0v) is 9.88. The molecule has 0 saturated heterocycles. The summed E-state index contributed by atoms with van der Waals surface area (Å²) < 4.78 is 0. The molecular weight excluding hydrogens is 176 g/mol. The molecule has 0 amide bonds. The minimum absolute atomic E-state index is 0.0279. The first-order valence-corrected chi connectivity index (χ1v) is 5.20. The van der Waals surface area contributed by atoms with Gasteiger partial charge in [0.2, 0.25) is 0 Å². The van der Waals surface area contributed by atoms with Gasteiger partial charge in [-0.25, -0.2) is 0 Å². The predicted octanol–water partition coefficient (Wildman–Crippen LogP) is 2.36. The molecule has 14 heavy (non-hydrogen) atoms. The molecule has 0 saturated carbocycles. The lowest BCUT2D eigenvalue weighted by atomic mass is 9.87. The average Bonchev–Trinajstić information content (AvgIpc) is 2.13. The standard InChI is InChI=1S/C12H24O2/c1-11(2,9-13)7-5-6-8-12(3,4)10-14/h5-6,13-14H,7-10H2,1-4H3/b6-5+. The van der Waals surface area contributed by atoms with Crippen molar-refractivity contribution in [2.24, 2.45) is 10.8 Å². The van der Waals surface area contributed by atoms with Crippen molar-refractivity contribution in [2.75, 3.05) is 13.2 Å². The summed E-state index contributed by atoms with van der Waals surface area (Å²) in [4.78, 5) is 0. The Kier molecular flexibility index (Phi) is 5.38. The van der Waals surface area contributed by atoms with Crippen molar-refractivity contribution in [1.82, 2.24) is 0 Å². The van der Waals surface area contributed by atoms with E-state index in [2.05, 4.69) is 12.2 Å². The summed E-state index contributed by atoms with van der Waals surface area (Å²) in [7, 11) is 0. The molecular formula is C12H24O2. The largest absolute Gasteiger partial charge is 0.396 e. The molecule has 0 aliphatic heterocycles. The molecule has 0 unspecified atom stereocenters. The van der Waals surface area contributed by atoms with E-state index in [1.54, 1.807) is 0 Å². The van der Waals surface area contributed by atoms with Crippen LogP contribution in [0.4, 0.5) is 0 Å². The van der Waals surface area contributed by atoms with Gasteiger partial charge in [0.05, 0.1) is 0 Å². The van der Waals surface area contributed by atoms with Crippen molar-refractivity contribution in [1.29, 1.82) is 0 Å². The van der Waals surface area contributed by atoms with Gasteiger partial charge < -0.3 is 10.2 Å². The van der Waals surface area contributed by atoms with Crippen LogP contribution in [0.1, 0.15) is 40.5 Å². The molecule has 2 heteroatoms. The van der Waals surface area contributed by atoms with Crippen molar-refractivity contribution >= 4 is 0 Å². The molecule has 0 atom stereocenters. The highest BCUT2D eigenvalue weighted by molar-refractivity contribution is 4.90. The smallest absolute Gasteiger partial charge is 0.0485 e. The van der Waals surface area contributed by atoms with Crippen LogP contribution in [0.15, 0.2) is 12.2 Å². The maximum atomic E-state index is 9.03. The monoisotopic (exact) mass is 200 g/mol. The van der Waals surface area contributed by atoms with E-state index < -0.39 is 0 Å². The second-order valence-corrected chi connectivity index (χ2v) is 5.52. The highest BCUT2D eigenvalue weighted by atomic mass is 16.3. The van der Waals surface area contributed by atoms with Crippen molar-refractivity contribution in [3.63, 3.8) is 0 Å². The van der Waals surface area contributed by atoms with Crippen LogP contribution in [0, 0.1) is 10.8 Å². The summed E-state index contributed by atoms with van der Waals surface area (Å²) in [5, 5.41) is 18.1. The molecule has 0 fully saturated rings. The Morgan fingerprint density at radius 3 is 1.29 bits per heavy atom. The van der Waals surface area contributed by atoms with E-state index in [4.69, 9.17) is 10.2 Å². The van der Waals surface area contributed by atoms with Crippen LogP contribution in [0.5, 0.6) is 0 Å². The Labute approximate surface area is 87.7 Å². The van der Waals surface area contributed by atoms with Crippen LogP contribution < -0.4 is 0 Å². The van der Waals surface area contributed by atoms with Gasteiger partial charge in [-0.3, -0.25) is 0 Å². The zero-order chi connectivity index (χ0) is 11.2. The highest BCUT2D eigenvalue weighted by Gasteiger charge is 2.15. The fourth-order valence-corrected chi connectivity index (χ4v) is 0.934. The van der Waals surface area contributed by atoms with Crippen molar-refractivity contribution in [3.05, 3.63) is 12.2 Å². The summed E-state index contributed by atoms with van der Waals surface area (Å²) in [5.41, 5.74) is -0.0558. The maximum absolute atomic E-state index is 9.03. The van der Waals surface area contributed by atoms with Gasteiger partial charge in [0.15, 0.2) is 0 Å². The summed E-state index contributed by atoms with van der Waals surface area (Å²) in [5.74, 6) is 0. The SMILES string of the molecule is CC(C)(CO)C/C=C/CC(C)(C)CO. The van der Waals surface area contributed by atoms with Gasteiger partial charge in [0.25, 0.3) is 0 Å². The number of aliphatic hydroxyl groups excluding tert-OH is 2. The molecule has 0 rings (SSSR count). The molecule has 2 N–H and O–H groups in total. The van der Waals surface area contributed by atoms with Gasteiger partial charge in [-0.05, 0) is 23.7 Å². The first kappa shape index (κ1) is 13.7. The van der Waals surface area contributed by atoms with Crippen LogP contribution in [-0.4, -0.2) is 23.4 Å². The van der Waals surface area contributed by atoms with Crippen LogP contribution in [0.3, 0.4) is 0 Å². The lowest BCUT2D eigenvalue weighted by Crippen LogP contribution is -2.16. The normalized spacial score (nSPS) is 13.9. The van der Waals surface area contributed by atoms with Crippen LogP contribution in [0.25, 0.3) is 0 Å². The second kappa shape index (κ2) is 5.52. The quantitative estimate of drug-likeness (QED) is 0.646. The summed E-state index contributed by atoms with van der Waals surface area (Å²) in [6.07, 6.45) is 5.94. The van der Waals surface area contributed by atoms with Gasteiger partial charge >= 0.3 is 0 Å². The number of allylic oxidation sites excluding steroid dienone is 2. The Morgan fingerprint density at radius 2 is 1.07 bits per heavy atom. The minimum Gasteiger partial charge on any atom is -0.396 e. The van der Waals surface area contributed by atoms with Gasteiger partial charge in [0, 0.05) is 13.2 Å². The van der Waals surface area contributed by atoms with Crippen molar-refractivity contribution in [3.8, 4) is 0 Å². The molecule has 0 aromatic heterocycles. The average molecular weight is 200 g/mol. The molecule has 0 spiro atoms. The number of hydrogen-bond acceptors (Lipinski definition) is 2. The lowest BCUT2D eigenvalue weighted by molar-refractivity contribution is 0.158. The fraction of sp³-hybridized carbons (Fsp3) is 0.833. The molecule has 0 aromatic rings. The van der Waals surface area contributed by atoms with E-state index in [-0.39, 0.29) is 24.0 Å². The Hall–Kier alpha value is -0.340. The molecule has 0 heterocycles. The molecule has 0 aromatic carbocycles. The first-order chi connectivity index (χ1) is 6.33. The number of aliphatic hydroxyl groups is 2. The second-order valence-electron chi connectivity index (χ2n) is 5.52. The van der Waals surface area contributed by atoms with Gasteiger partial charge in [-0.2, -0.15) is 0 Å². The van der Waals surface area contributed by atoms with Crippen molar-refractivity contribution in [2.45, 2.75) is 40.5 Å². The van der Waals surface area contributed by atoms with E-state index >= 15 is 0 Å². The Morgan fingerprint density at radius 1 is 0.786 bits per heavy atom. The third kappa shape index (κ3) is 6.17.